The Kier molecular flexibility index (Phi) is 6.73. The van der Waals surface area contributed by atoms with Crippen molar-refractivity contribution in [2.45, 2.75) is 89.4 Å². The van der Waals surface area contributed by atoms with E-state index in [1.54, 1.807) is 4.90 Å². The Labute approximate surface area is 163 Å². The topological polar surface area (TPSA) is 61.7 Å². The van der Waals surface area contributed by atoms with Crippen LogP contribution in [0.25, 0.3) is 0 Å². The van der Waals surface area contributed by atoms with Crippen molar-refractivity contribution in [2.75, 3.05) is 32.8 Å². The first kappa shape index (κ1) is 19.3. The highest BCUT2D eigenvalue weighted by Crippen LogP contribution is 2.18. The van der Waals surface area contributed by atoms with Crippen LogP contribution in [0.4, 0.5) is 0 Å². The van der Waals surface area contributed by atoms with Crippen molar-refractivity contribution in [1.82, 2.24) is 20.2 Å². The predicted molar refractivity (Wildman–Crippen MR) is 103 cm³/mol. The number of piperazine rings is 1. The summed E-state index contributed by atoms with van der Waals surface area (Å²) in [5, 5.41) is 12.9. The third kappa shape index (κ3) is 4.69. The Hall–Kier alpha value is -1.05. The Balaban J connectivity index is 1.41. The zero-order valence-corrected chi connectivity index (χ0v) is 17.0. The molecular weight excluding hydrogens is 340 g/mol. The SMILES string of the molecule is CCCC[C@@H](c1nnnn1C[C@H]1CCCO1)[NH+]1CC[NH+](C2CCCC2)CC1. The van der Waals surface area contributed by atoms with Gasteiger partial charge >= 0.3 is 0 Å². The van der Waals surface area contributed by atoms with Crippen molar-refractivity contribution in [3.63, 3.8) is 0 Å². The van der Waals surface area contributed by atoms with Gasteiger partial charge < -0.3 is 14.5 Å². The van der Waals surface area contributed by atoms with Crippen molar-refractivity contribution in [1.29, 1.82) is 0 Å². The minimum absolute atomic E-state index is 0.290. The van der Waals surface area contributed by atoms with Gasteiger partial charge in [-0.2, -0.15) is 0 Å². The zero-order chi connectivity index (χ0) is 18.5. The van der Waals surface area contributed by atoms with Crippen molar-refractivity contribution < 1.29 is 14.5 Å². The van der Waals surface area contributed by atoms with E-state index in [9.17, 15) is 0 Å². The van der Waals surface area contributed by atoms with Crippen LogP contribution in [0, 0.1) is 0 Å². The van der Waals surface area contributed by atoms with Crippen LogP contribution in [0.3, 0.4) is 0 Å². The van der Waals surface area contributed by atoms with E-state index in [1.165, 1.54) is 77.5 Å². The molecule has 2 atom stereocenters. The lowest BCUT2D eigenvalue weighted by atomic mass is 10.1. The number of ether oxygens (including phenoxy) is 1. The summed E-state index contributed by atoms with van der Waals surface area (Å²) in [4.78, 5) is 3.57. The van der Waals surface area contributed by atoms with E-state index in [1.807, 2.05) is 4.90 Å². The molecule has 2 N–H and O–H groups in total. The lowest BCUT2D eigenvalue weighted by Gasteiger charge is -2.36. The number of hydrogen-bond acceptors (Lipinski definition) is 4. The van der Waals surface area contributed by atoms with Crippen molar-refractivity contribution in [3.05, 3.63) is 5.82 Å². The molecule has 3 heterocycles. The van der Waals surface area contributed by atoms with Crippen molar-refractivity contribution >= 4 is 0 Å². The van der Waals surface area contributed by atoms with Gasteiger partial charge in [0.1, 0.15) is 32.2 Å². The third-order valence-corrected chi connectivity index (χ3v) is 7.08. The van der Waals surface area contributed by atoms with Gasteiger partial charge in [-0.25, -0.2) is 4.68 Å². The second kappa shape index (κ2) is 9.43. The average Bonchev–Trinajstić information content (AvgIpc) is 3.47. The lowest BCUT2D eigenvalue weighted by Crippen LogP contribution is -3.29. The van der Waals surface area contributed by atoms with Crippen molar-refractivity contribution in [3.8, 4) is 0 Å². The summed E-state index contributed by atoms with van der Waals surface area (Å²) in [7, 11) is 0. The molecule has 1 aromatic rings. The summed E-state index contributed by atoms with van der Waals surface area (Å²) < 4.78 is 7.89. The van der Waals surface area contributed by atoms with E-state index in [2.05, 4.69) is 27.1 Å². The Morgan fingerprint density at radius 3 is 2.63 bits per heavy atom. The second-order valence-corrected chi connectivity index (χ2v) is 8.85. The largest absolute Gasteiger partial charge is 0.376 e. The Morgan fingerprint density at radius 2 is 1.93 bits per heavy atom. The average molecular weight is 379 g/mol. The fraction of sp³-hybridized carbons (Fsp3) is 0.950. The van der Waals surface area contributed by atoms with Gasteiger partial charge in [-0.1, -0.05) is 13.3 Å². The highest BCUT2D eigenvalue weighted by molar-refractivity contribution is 4.89. The molecule has 2 aliphatic heterocycles. The zero-order valence-electron chi connectivity index (χ0n) is 17.0. The summed E-state index contributed by atoms with van der Waals surface area (Å²) in [5.41, 5.74) is 0. The number of rotatable bonds is 8. The molecule has 7 heteroatoms. The van der Waals surface area contributed by atoms with Crippen LogP contribution in [-0.2, 0) is 11.3 Å². The molecular formula is C20H38N6O+2. The smallest absolute Gasteiger partial charge is 0.209 e. The van der Waals surface area contributed by atoms with Crippen LogP contribution >= 0.6 is 0 Å². The molecule has 0 amide bonds. The molecule has 0 unspecified atom stereocenters. The van der Waals surface area contributed by atoms with E-state index in [4.69, 9.17) is 4.74 Å². The van der Waals surface area contributed by atoms with Gasteiger partial charge in [0, 0.05) is 13.0 Å². The van der Waals surface area contributed by atoms with Gasteiger partial charge in [0.25, 0.3) is 0 Å². The monoisotopic (exact) mass is 378 g/mol. The molecule has 1 aromatic heterocycles. The standard InChI is InChI=1S/C20H36N6O/c1-2-3-10-19(20-21-22-23-26(20)16-18-9-6-15-27-18)25-13-11-24(12-14-25)17-7-4-5-8-17/h17-19H,2-16H2,1H3/p+2/t18-,19+/m1/s1. The molecule has 1 saturated carbocycles. The van der Waals surface area contributed by atoms with Gasteiger partial charge in [0.15, 0.2) is 0 Å². The molecule has 152 valence electrons. The molecule has 7 nitrogen and oxygen atoms in total. The first-order valence-corrected chi connectivity index (χ1v) is 11.4. The molecule has 0 spiro atoms. The number of nitrogens with one attached hydrogen (secondary N) is 2. The number of quaternary nitrogens is 2. The Morgan fingerprint density at radius 1 is 1.11 bits per heavy atom. The molecule has 3 fully saturated rings. The summed E-state index contributed by atoms with van der Waals surface area (Å²) in [5.74, 6) is 1.10. The van der Waals surface area contributed by atoms with Crippen LogP contribution in [0.2, 0.25) is 0 Å². The summed E-state index contributed by atoms with van der Waals surface area (Å²) in [6.07, 6.45) is 12.1. The molecule has 0 aromatic carbocycles. The number of tetrazole rings is 1. The molecule has 3 aliphatic rings. The van der Waals surface area contributed by atoms with Gasteiger partial charge in [-0.3, -0.25) is 0 Å². The molecule has 2 saturated heterocycles. The maximum absolute atomic E-state index is 5.83. The van der Waals surface area contributed by atoms with Gasteiger partial charge in [-0.15, -0.1) is 5.10 Å². The van der Waals surface area contributed by atoms with Gasteiger partial charge in [-0.05, 0) is 55.4 Å². The van der Waals surface area contributed by atoms with E-state index >= 15 is 0 Å². The van der Waals surface area contributed by atoms with E-state index < -0.39 is 0 Å². The minimum atomic E-state index is 0.290. The van der Waals surface area contributed by atoms with Crippen LogP contribution in [0.15, 0.2) is 0 Å². The van der Waals surface area contributed by atoms with Crippen LogP contribution in [-0.4, -0.2) is 65.1 Å². The van der Waals surface area contributed by atoms with E-state index in [0.717, 1.165) is 31.4 Å². The van der Waals surface area contributed by atoms with Crippen molar-refractivity contribution in [2.24, 2.45) is 0 Å². The molecule has 0 bridgehead atoms. The fourth-order valence-corrected chi connectivity index (χ4v) is 5.48. The normalized spacial score (nSPS) is 30.8. The van der Waals surface area contributed by atoms with Gasteiger partial charge in [0.05, 0.1) is 18.7 Å². The van der Waals surface area contributed by atoms with E-state index in [-0.39, 0.29) is 6.10 Å². The predicted octanol–water partition coefficient (Wildman–Crippen LogP) is -0.191. The first-order chi connectivity index (χ1) is 13.3. The van der Waals surface area contributed by atoms with Crippen LogP contribution in [0.5, 0.6) is 0 Å². The molecule has 27 heavy (non-hydrogen) atoms. The fourth-order valence-electron chi connectivity index (χ4n) is 5.48. The van der Waals surface area contributed by atoms with Gasteiger partial charge in [0.2, 0.25) is 5.82 Å². The van der Waals surface area contributed by atoms with Crippen LogP contribution in [0.1, 0.15) is 76.6 Å². The maximum atomic E-state index is 5.83. The molecule has 4 rings (SSSR count). The van der Waals surface area contributed by atoms with E-state index in [0.29, 0.717) is 6.04 Å². The molecule has 0 radical (unpaired) electrons. The lowest BCUT2D eigenvalue weighted by molar-refractivity contribution is -1.04. The maximum Gasteiger partial charge on any atom is 0.209 e. The number of hydrogen-bond donors (Lipinski definition) is 2. The third-order valence-electron chi connectivity index (χ3n) is 7.08. The highest BCUT2D eigenvalue weighted by atomic mass is 16.5. The first-order valence-electron chi connectivity index (χ1n) is 11.4. The summed E-state index contributed by atoms with van der Waals surface area (Å²) >= 11 is 0. The summed E-state index contributed by atoms with van der Waals surface area (Å²) in [6, 6.07) is 1.37. The minimum Gasteiger partial charge on any atom is -0.376 e. The Bertz CT molecular complexity index is 559. The van der Waals surface area contributed by atoms with Crippen LogP contribution < -0.4 is 9.80 Å². The number of unbranched alkanes of at least 4 members (excludes halogenated alkanes) is 1. The quantitative estimate of drug-likeness (QED) is 0.658. The highest BCUT2D eigenvalue weighted by Gasteiger charge is 2.37. The number of aromatic nitrogens is 4. The molecule has 1 aliphatic carbocycles. The second-order valence-electron chi connectivity index (χ2n) is 8.85. The number of nitrogens with zero attached hydrogens (tertiary/aromatic N) is 4. The summed E-state index contributed by atoms with van der Waals surface area (Å²) in [6.45, 7) is 9.13.